The van der Waals surface area contributed by atoms with Gasteiger partial charge >= 0.3 is 0 Å². The fourth-order valence-electron chi connectivity index (χ4n) is 3.11. The third-order valence-electron chi connectivity index (χ3n) is 5.03. The number of ether oxygens (including phenoxy) is 3. The molecule has 194 valence electrons. The number of nitrogens with zero attached hydrogens (tertiary/aromatic N) is 1. The molecule has 8 nitrogen and oxygen atoms in total. The highest BCUT2D eigenvalue weighted by molar-refractivity contribution is 9.10. The van der Waals surface area contributed by atoms with E-state index in [1.807, 2.05) is 0 Å². The second-order valence-electron chi connectivity index (χ2n) is 7.59. The zero-order valence-electron chi connectivity index (χ0n) is 20.0. The molecule has 11 heteroatoms. The first kappa shape index (κ1) is 28.3. The van der Waals surface area contributed by atoms with Crippen LogP contribution in [0.4, 0.5) is 0 Å². The molecule has 2 amide bonds. The van der Waals surface area contributed by atoms with Crippen LogP contribution in [-0.2, 0) is 11.4 Å². The van der Waals surface area contributed by atoms with E-state index in [1.54, 1.807) is 61.7 Å². The number of rotatable bonds is 11. The van der Waals surface area contributed by atoms with Gasteiger partial charge in [0.1, 0.15) is 12.4 Å². The zero-order chi connectivity index (χ0) is 26.8. The monoisotopic (exact) mass is 607 g/mol. The van der Waals surface area contributed by atoms with Gasteiger partial charge in [0.15, 0.2) is 11.5 Å². The minimum absolute atomic E-state index is 0.0618. The van der Waals surface area contributed by atoms with E-state index >= 15 is 0 Å². The van der Waals surface area contributed by atoms with Crippen molar-refractivity contribution in [1.82, 2.24) is 10.7 Å². The molecule has 0 fully saturated rings. The third-order valence-corrected chi connectivity index (χ3v) is 6.21. The predicted molar refractivity (Wildman–Crippen MR) is 147 cm³/mol. The van der Waals surface area contributed by atoms with Crippen LogP contribution in [-0.4, -0.2) is 38.8 Å². The van der Waals surface area contributed by atoms with E-state index in [9.17, 15) is 9.59 Å². The maximum atomic E-state index is 12.2. The van der Waals surface area contributed by atoms with Crippen LogP contribution < -0.4 is 25.0 Å². The molecule has 37 heavy (non-hydrogen) atoms. The molecule has 0 aromatic heterocycles. The lowest BCUT2D eigenvalue weighted by Crippen LogP contribution is -2.29. The molecule has 3 rings (SSSR count). The molecule has 0 saturated carbocycles. The van der Waals surface area contributed by atoms with Gasteiger partial charge in [-0.3, -0.25) is 9.59 Å². The minimum atomic E-state index is -0.350. The summed E-state index contributed by atoms with van der Waals surface area (Å²) in [5, 5.41) is 7.71. The van der Waals surface area contributed by atoms with Gasteiger partial charge in [0.2, 0.25) is 5.91 Å². The Morgan fingerprint density at radius 2 is 1.78 bits per heavy atom. The van der Waals surface area contributed by atoms with Crippen LogP contribution >= 0.6 is 39.1 Å². The van der Waals surface area contributed by atoms with E-state index in [-0.39, 0.29) is 31.4 Å². The molecule has 0 saturated heterocycles. The standard InChI is InChI=1S/C26H24BrCl2N3O5/c1-35-20-7-4-17(5-8-20)26(34)30-10-9-24(33)32-31-14-16-11-21(27)25(23(12-16)36-2)37-15-18-3-6-19(28)13-22(18)29/h3-8,11-14H,9-10,15H2,1-2H3,(H,30,34)(H,32,33). The van der Waals surface area contributed by atoms with Crippen LogP contribution in [0, 0.1) is 0 Å². The lowest BCUT2D eigenvalue weighted by Gasteiger charge is -2.14. The van der Waals surface area contributed by atoms with E-state index in [0.29, 0.717) is 42.9 Å². The maximum absolute atomic E-state index is 12.2. The Morgan fingerprint density at radius 1 is 1.03 bits per heavy atom. The van der Waals surface area contributed by atoms with E-state index in [2.05, 4.69) is 31.8 Å². The molecular weight excluding hydrogens is 585 g/mol. The van der Waals surface area contributed by atoms with Crippen molar-refractivity contribution in [1.29, 1.82) is 0 Å². The molecule has 0 spiro atoms. The summed E-state index contributed by atoms with van der Waals surface area (Å²) in [6.07, 6.45) is 1.53. The van der Waals surface area contributed by atoms with Gasteiger partial charge < -0.3 is 19.5 Å². The quantitative estimate of drug-likeness (QED) is 0.217. The van der Waals surface area contributed by atoms with Crippen LogP contribution in [0.15, 0.2) is 64.2 Å². The number of nitrogens with one attached hydrogen (secondary N) is 2. The average Bonchev–Trinajstić information content (AvgIpc) is 2.88. The van der Waals surface area contributed by atoms with Crippen molar-refractivity contribution in [2.24, 2.45) is 5.10 Å². The molecule has 2 N–H and O–H groups in total. The highest BCUT2D eigenvalue weighted by Crippen LogP contribution is 2.37. The van der Waals surface area contributed by atoms with Crippen molar-refractivity contribution < 1.29 is 23.8 Å². The molecule has 0 atom stereocenters. The molecule has 3 aromatic carbocycles. The molecule has 0 aliphatic heterocycles. The number of hydrogen-bond donors (Lipinski definition) is 2. The van der Waals surface area contributed by atoms with Crippen LogP contribution in [0.5, 0.6) is 17.2 Å². The molecule has 0 unspecified atom stereocenters. The Morgan fingerprint density at radius 3 is 2.46 bits per heavy atom. The van der Waals surface area contributed by atoms with Crippen molar-refractivity contribution in [3.63, 3.8) is 0 Å². The summed E-state index contributed by atoms with van der Waals surface area (Å²) in [6, 6.07) is 15.3. The van der Waals surface area contributed by atoms with Crippen LogP contribution in [0.3, 0.4) is 0 Å². The van der Waals surface area contributed by atoms with Crippen molar-refractivity contribution in [2.75, 3.05) is 20.8 Å². The summed E-state index contributed by atoms with van der Waals surface area (Å²) in [4.78, 5) is 24.2. The lowest BCUT2D eigenvalue weighted by atomic mass is 10.2. The summed E-state index contributed by atoms with van der Waals surface area (Å²) < 4.78 is 17.1. The predicted octanol–water partition coefficient (Wildman–Crippen LogP) is 5.62. The molecule has 0 aliphatic carbocycles. The van der Waals surface area contributed by atoms with Gasteiger partial charge in [-0.25, -0.2) is 5.43 Å². The largest absolute Gasteiger partial charge is 0.497 e. The normalized spacial score (nSPS) is 10.7. The number of benzene rings is 3. The Labute approximate surface area is 233 Å². The number of halogens is 3. The van der Waals surface area contributed by atoms with Crippen molar-refractivity contribution in [2.45, 2.75) is 13.0 Å². The second kappa shape index (κ2) is 13.9. The molecule has 0 heterocycles. The Bertz CT molecular complexity index is 1290. The fraction of sp³-hybridized carbons (Fsp3) is 0.192. The van der Waals surface area contributed by atoms with Gasteiger partial charge in [0.05, 0.1) is 24.9 Å². The molecule has 0 bridgehead atoms. The highest BCUT2D eigenvalue weighted by atomic mass is 79.9. The van der Waals surface area contributed by atoms with Crippen molar-refractivity contribution in [3.05, 3.63) is 85.8 Å². The lowest BCUT2D eigenvalue weighted by molar-refractivity contribution is -0.120. The molecular formula is C26H24BrCl2N3O5. The van der Waals surface area contributed by atoms with E-state index < -0.39 is 0 Å². The number of amides is 2. The topological polar surface area (TPSA) is 98.2 Å². The second-order valence-corrected chi connectivity index (χ2v) is 9.28. The third kappa shape index (κ3) is 8.38. The number of methoxy groups -OCH3 is 2. The summed E-state index contributed by atoms with van der Waals surface area (Å²) >= 11 is 15.6. The summed E-state index contributed by atoms with van der Waals surface area (Å²) in [6.45, 7) is 0.374. The first-order chi connectivity index (χ1) is 17.8. The first-order valence-electron chi connectivity index (χ1n) is 11.0. The average molecular weight is 609 g/mol. The molecule has 0 radical (unpaired) electrons. The first-order valence-corrected chi connectivity index (χ1v) is 12.5. The summed E-state index contributed by atoms with van der Waals surface area (Å²) in [5.74, 6) is 0.980. The van der Waals surface area contributed by atoms with Gasteiger partial charge in [-0.15, -0.1) is 0 Å². The SMILES string of the molecule is COc1ccc(C(=O)NCCC(=O)NN=Cc2cc(Br)c(OCc3ccc(Cl)cc3Cl)c(OC)c2)cc1. The molecule has 3 aromatic rings. The Balaban J connectivity index is 1.51. The van der Waals surface area contributed by atoms with E-state index in [0.717, 1.165) is 5.56 Å². The zero-order valence-corrected chi connectivity index (χ0v) is 23.1. The summed E-state index contributed by atoms with van der Waals surface area (Å²) in [7, 11) is 3.07. The van der Waals surface area contributed by atoms with E-state index in [4.69, 9.17) is 37.4 Å². The van der Waals surface area contributed by atoms with Crippen LogP contribution in [0.1, 0.15) is 27.9 Å². The van der Waals surface area contributed by atoms with Gasteiger partial charge in [-0.2, -0.15) is 5.10 Å². The number of carbonyl (C=O) groups excluding carboxylic acids is 2. The van der Waals surface area contributed by atoms with Gasteiger partial charge in [-0.1, -0.05) is 29.3 Å². The maximum Gasteiger partial charge on any atom is 0.251 e. The van der Waals surface area contributed by atoms with Gasteiger partial charge in [-0.05, 0) is 70.0 Å². The van der Waals surface area contributed by atoms with Crippen LogP contribution in [0.2, 0.25) is 10.0 Å². The molecule has 0 aliphatic rings. The van der Waals surface area contributed by atoms with Crippen molar-refractivity contribution in [3.8, 4) is 17.2 Å². The fourth-order valence-corrected chi connectivity index (χ4v) is 4.15. The van der Waals surface area contributed by atoms with Gasteiger partial charge in [0.25, 0.3) is 5.91 Å². The van der Waals surface area contributed by atoms with Gasteiger partial charge in [0, 0.05) is 34.1 Å². The summed E-state index contributed by atoms with van der Waals surface area (Å²) in [5.41, 5.74) is 4.35. The van der Waals surface area contributed by atoms with Crippen molar-refractivity contribution >= 4 is 57.2 Å². The van der Waals surface area contributed by atoms with E-state index in [1.165, 1.54) is 13.3 Å². The Kier molecular flexibility index (Phi) is 10.6. The Hall–Kier alpha value is -3.27. The number of carbonyl (C=O) groups is 2. The van der Waals surface area contributed by atoms with Crippen LogP contribution in [0.25, 0.3) is 0 Å². The number of hydrazone groups is 1. The minimum Gasteiger partial charge on any atom is -0.497 e. The smallest absolute Gasteiger partial charge is 0.251 e. The number of hydrogen-bond acceptors (Lipinski definition) is 6. The highest BCUT2D eigenvalue weighted by Gasteiger charge is 2.13.